The second kappa shape index (κ2) is 9.90. The molecule has 4 nitrogen and oxygen atoms in total. The fourth-order valence-corrected chi connectivity index (χ4v) is 5.71. The van der Waals surface area contributed by atoms with Crippen molar-refractivity contribution in [3.05, 3.63) is 108 Å². The zero-order valence-electron chi connectivity index (χ0n) is 19.1. The number of benzene rings is 3. The van der Waals surface area contributed by atoms with Crippen LogP contribution in [-0.4, -0.2) is 22.6 Å². The first-order chi connectivity index (χ1) is 15.9. The normalized spacial score (nSPS) is 15.7. The minimum absolute atomic E-state index is 0.0377. The maximum atomic E-state index is 16.5. The Balaban J connectivity index is 2.34. The Morgan fingerprint density at radius 3 is 1.76 bits per heavy atom. The van der Waals surface area contributed by atoms with E-state index < -0.39 is 41.3 Å². The lowest BCUT2D eigenvalue weighted by atomic mass is 9.90. The van der Waals surface area contributed by atoms with Gasteiger partial charge in [0.2, 0.25) is 9.84 Å². The summed E-state index contributed by atoms with van der Waals surface area (Å²) < 4.78 is 74.6. The molecule has 3 aromatic rings. The van der Waals surface area contributed by atoms with E-state index in [-0.39, 0.29) is 5.56 Å². The summed E-state index contributed by atoms with van der Waals surface area (Å²) in [5.74, 6) is 0. The number of hydrogen-bond acceptors (Lipinski definition) is 3. The number of sulfone groups is 1. The van der Waals surface area contributed by atoms with Gasteiger partial charge in [0.25, 0.3) is 0 Å². The van der Waals surface area contributed by atoms with Crippen molar-refractivity contribution >= 4 is 26.9 Å². The number of halogens is 2. The molecule has 0 saturated heterocycles. The first-order valence-electron chi connectivity index (χ1n) is 10.6. The van der Waals surface area contributed by atoms with Crippen LogP contribution in [-0.2, 0) is 26.4 Å². The lowest BCUT2D eigenvalue weighted by molar-refractivity contribution is 0.0192. The number of nitrogens with one attached hydrogen (secondary N) is 1. The molecule has 0 aliphatic heterocycles. The van der Waals surface area contributed by atoms with Crippen LogP contribution in [0.3, 0.4) is 0 Å². The molecule has 0 heterocycles. The third-order valence-electron chi connectivity index (χ3n) is 5.21. The Morgan fingerprint density at radius 1 is 0.794 bits per heavy atom. The summed E-state index contributed by atoms with van der Waals surface area (Å²) in [6.45, 7) is 4.86. The van der Waals surface area contributed by atoms with Crippen LogP contribution in [0, 0.1) is 0 Å². The van der Waals surface area contributed by atoms with Crippen molar-refractivity contribution in [2.45, 2.75) is 41.2 Å². The van der Waals surface area contributed by atoms with Gasteiger partial charge in [0, 0.05) is 0 Å². The first-order valence-corrected chi connectivity index (χ1v) is 13.2. The van der Waals surface area contributed by atoms with Crippen molar-refractivity contribution in [2.75, 3.05) is 0 Å². The highest BCUT2D eigenvalue weighted by Crippen LogP contribution is 2.46. The second-order valence-electron chi connectivity index (χ2n) is 8.73. The van der Waals surface area contributed by atoms with E-state index >= 15 is 8.78 Å². The Hall–Kier alpha value is -2.68. The van der Waals surface area contributed by atoms with Crippen molar-refractivity contribution < 1.29 is 21.4 Å². The molecular formula is C26H27F2NO3S2. The van der Waals surface area contributed by atoms with Crippen LogP contribution in [0.1, 0.15) is 31.9 Å². The third kappa shape index (κ3) is 5.04. The van der Waals surface area contributed by atoms with Crippen LogP contribution in [0.5, 0.6) is 0 Å². The molecule has 0 aromatic heterocycles. The van der Waals surface area contributed by atoms with Crippen molar-refractivity contribution in [1.82, 2.24) is 4.72 Å². The summed E-state index contributed by atoms with van der Waals surface area (Å²) in [6.07, 6.45) is 2.51. The van der Waals surface area contributed by atoms with E-state index in [0.29, 0.717) is 5.56 Å². The molecule has 3 rings (SSSR count). The predicted molar refractivity (Wildman–Crippen MR) is 133 cm³/mol. The molecule has 2 atom stereocenters. The van der Waals surface area contributed by atoms with E-state index in [1.54, 1.807) is 63.2 Å². The number of rotatable bonds is 8. The van der Waals surface area contributed by atoms with Crippen LogP contribution >= 0.6 is 0 Å². The van der Waals surface area contributed by atoms with Gasteiger partial charge in [0.1, 0.15) is 0 Å². The minimum Gasteiger partial charge on any atom is -0.242 e. The van der Waals surface area contributed by atoms with Gasteiger partial charge in [-0.15, -0.1) is 0 Å². The first kappa shape index (κ1) is 25.9. The molecule has 0 fully saturated rings. The largest absolute Gasteiger partial charge is 0.376 e. The molecule has 0 bridgehead atoms. The zero-order chi connectivity index (χ0) is 25.0. The standard InChI is InChI=1S/C26H27F2NO3S2/c1-24(2,3)33(30)29-25(22-15-9-5-10-16-22,20-19-21-13-7-4-8-14-21)26(27,28)34(31,32)23-17-11-6-12-18-23/h4-20,29H,1-3H3/b20-19+/t25-,33?/m1/s1. The summed E-state index contributed by atoms with van der Waals surface area (Å²) in [6, 6.07) is 22.7. The van der Waals surface area contributed by atoms with Crippen LogP contribution < -0.4 is 4.72 Å². The smallest absolute Gasteiger partial charge is 0.242 e. The summed E-state index contributed by atoms with van der Waals surface area (Å²) in [7, 11) is -7.27. The van der Waals surface area contributed by atoms with Gasteiger partial charge in [0.15, 0.2) is 5.54 Å². The molecule has 0 aliphatic carbocycles. The highest BCUT2D eigenvalue weighted by molar-refractivity contribution is 7.92. The summed E-state index contributed by atoms with van der Waals surface area (Å²) >= 11 is 0. The number of hydrogen-bond donors (Lipinski definition) is 1. The Bertz CT molecular complexity index is 1260. The molecule has 0 aliphatic rings. The molecule has 0 spiro atoms. The van der Waals surface area contributed by atoms with Gasteiger partial charge in [-0.3, -0.25) is 0 Å². The van der Waals surface area contributed by atoms with Gasteiger partial charge >= 0.3 is 5.25 Å². The van der Waals surface area contributed by atoms with Gasteiger partial charge in [-0.2, -0.15) is 8.78 Å². The molecule has 3 aromatic carbocycles. The fourth-order valence-electron chi connectivity index (χ4n) is 3.26. The quantitative estimate of drug-likeness (QED) is 0.428. The third-order valence-corrected chi connectivity index (χ3v) is 8.72. The molecule has 0 radical (unpaired) electrons. The van der Waals surface area contributed by atoms with Gasteiger partial charge in [-0.05, 0) is 44.0 Å². The van der Waals surface area contributed by atoms with E-state index in [1.807, 2.05) is 0 Å². The van der Waals surface area contributed by atoms with Crippen molar-refractivity contribution in [2.24, 2.45) is 0 Å². The highest BCUT2D eigenvalue weighted by Gasteiger charge is 2.63. The summed E-state index contributed by atoms with van der Waals surface area (Å²) in [4.78, 5) is -0.531. The van der Waals surface area contributed by atoms with E-state index in [2.05, 4.69) is 4.72 Å². The maximum Gasteiger partial charge on any atom is 0.376 e. The van der Waals surface area contributed by atoms with Gasteiger partial charge in [-0.1, -0.05) is 91.0 Å². The molecular weight excluding hydrogens is 476 g/mol. The van der Waals surface area contributed by atoms with Crippen molar-refractivity contribution in [1.29, 1.82) is 0 Å². The van der Waals surface area contributed by atoms with E-state index in [9.17, 15) is 12.6 Å². The summed E-state index contributed by atoms with van der Waals surface area (Å²) in [5, 5.41) is -4.42. The molecule has 1 unspecified atom stereocenters. The maximum absolute atomic E-state index is 16.5. The minimum atomic E-state index is -5.22. The van der Waals surface area contributed by atoms with E-state index in [4.69, 9.17) is 0 Å². The van der Waals surface area contributed by atoms with Gasteiger partial charge in [0.05, 0.1) is 20.6 Å². The average molecular weight is 504 g/mol. The monoisotopic (exact) mass is 503 g/mol. The van der Waals surface area contributed by atoms with Crippen molar-refractivity contribution in [3.8, 4) is 0 Å². The van der Waals surface area contributed by atoms with Gasteiger partial charge in [-0.25, -0.2) is 17.3 Å². The van der Waals surface area contributed by atoms with E-state index in [1.165, 1.54) is 42.5 Å². The Labute approximate surface area is 202 Å². The Kier molecular flexibility index (Phi) is 7.55. The molecule has 180 valence electrons. The fraction of sp³-hybridized carbons (Fsp3) is 0.231. The lowest BCUT2D eigenvalue weighted by Gasteiger charge is -2.40. The Morgan fingerprint density at radius 2 is 1.26 bits per heavy atom. The average Bonchev–Trinajstić information content (AvgIpc) is 2.82. The summed E-state index contributed by atoms with van der Waals surface area (Å²) in [5.41, 5.74) is -2.10. The van der Waals surface area contributed by atoms with Crippen molar-refractivity contribution in [3.63, 3.8) is 0 Å². The lowest BCUT2D eigenvalue weighted by Crippen LogP contribution is -2.60. The van der Waals surface area contributed by atoms with Crippen LogP contribution in [0.4, 0.5) is 8.78 Å². The molecule has 8 heteroatoms. The molecule has 0 amide bonds. The molecule has 0 saturated carbocycles. The number of alkyl halides is 2. The predicted octanol–water partition coefficient (Wildman–Crippen LogP) is 5.71. The zero-order valence-corrected chi connectivity index (χ0v) is 20.7. The van der Waals surface area contributed by atoms with Gasteiger partial charge < -0.3 is 0 Å². The second-order valence-corrected chi connectivity index (χ2v) is 12.7. The topological polar surface area (TPSA) is 63.2 Å². The SMILES string of the molecule is CC(C)(C)S(=O)N[C@](/C=C/c1ccccc1)(c1ccccc1)C(F)(F)S(=O)(=O)c1ccccc1. The molecule has 1 N–H and O–H groups in total. The molecule has 34 heavy (non-hydrogen) atoms. The van der Waals surface area contributed by atoms with Crippen LogP contribution in [0.2, 0.25) is 0 Å². The van der Waals surface area contributed by atoms with Crippen LogP contribution in [0.25, 0.3) is 6.08 Å². The van der Waals surface area contributed by atoms with Crippen LogP contribution in [0.15, 0.2) is 102 Å². The highest BCUT2D eigenvalue weighted by atomic mass is 32.2. The van der Waals surface area contributed by atoms with E-state index in [0.717, 1.165) is 18.2 Å².